The summed E-state index contributed by atoms with van der Waals surface area (Å²) in [6.45, 7) is 1.26. The summed E-state index contributed by atoms with van der Waals surface area (Å²) >= 11 is 6.04. The highest BCUT2D eigenvalue weighted by Crippen LogP contribution is 2.25. The number of hydrogen-bond acceptors (Lipinski definition) is 3. The van der Waals surface area contributed by atoms with E-state index in [1.807, 2.05) is 6.07 Å². The van der Waals surface area contributed by atoms with Crippen LogP contribution in [-0.2, 0) is 16.0 Å². The number of carbonyl (C=O) groups excluding carboxylic acids is 2. The van der Waals surface area contributed by atoms with E-state index in [9.17, 15) is 9.59 Å². The molecule has 0 radical (unpaired) electrons. The smallest absolute Gasteiger partial charge is 0.239 e. The normalized spacial score (nSPS) is 14.9. The van der Waals surface area contributed by atoms with Gasteiger partial charge in [0.05, 0.1) is 18.7 Å². The second-order valence-corrected chi connectivity index (χ2v) is 5.04. The molecule has 1 aliphatic heterocycles. The number of nitrogens with one attached hydrogen (secondary N) is 1. The molecule has 2 rings (SSSR count). The lowest BCUT2D eigenvalue weighted by atomic mass is 10.1. The number of ether oxygens (including phenoxy) is 1. The Balaban J connectivity index is 1.89. The first-order chi connectivity index (χ1) is 9.60. The monoisotopic (exact) mass is 296 g/mol. The molecule has 108 valence electrons. The lowest BCUT2D eigenvalue weighted by molar-refractivity contribution is -0.138. The molecule has 0 atom stereocenters. The standard InChI is InChI=1S/C14H17ClN2O3/c1-20-12-4-2-10(8-11(12)15)3-5-14(19)17-7-6-16-13(18)9-17/h2,4,8H,3,5-7,9H2,1H3,(H,16,18). The van der Waals surface area contributed by atoms with Gasteiger partial charge < -0.3 is 15.0 Å². The van der Waals surface area contributed by atoms with Crippen LogP contribution in [0.15, 0.2) is 18.2 Å². The Bertz CT molecular complexity index is 519. The molecule has 1 heterocycles. The summed E-state index contributed by atoms with van der Waals surface area (Å²) in [7, 11) is 1.56. The molecule has 0 aromatic heterocycles. The molecule has 1 saturated heterocycles. The van der Waals surface area contributed by atoms with Gasteiger partial charge in [0, 0.05) is 19.5 Å². The van der Waals surface area contributed by atoms with Gasteiger partial charge in [0.25, 0.3) is 0 Å². The molecule has 1 aliphatic rings. The van der Waals surface area contributed by atoms with E-state index in [0.29, 0.717) is 36.7 Å². The number of methoxy groups -OCH3 is 1. The number of carbonyl (C=O) groups is 2. The average Bonchev–Trinajstić information content (AvgIpc) is 2.45. The number of amides is 2. The van der Waals surface area contributed by atoms with Crippen LogP contribution in [0.5, 0.6) is 5.75 Å². The molecular weight excluding hydrogens is 280 g/mol. The van der Waals surface area contributed by atoms with E-state index in [1.165, 1.54) is 0 Å². The van der Waals surface area contributed by atoms with E-state index in [1.54, 1.807) is 24.1 Å². The lowest BCUT2D eigenvalue weighted by Gasteiger charge is -2.26. The van der Waals surface area contributed by atoms with E-state index in [4.69, 9.17) is 16.3 Å². The number of nitrogens with zero attached hydrogens (tertiary/aromatic N) is 1. The van der Waals surface area contributed by atoms with E-state index < -0.39 is 0 Å². The lowest BCUT2D eigenvalue weighted by Crippen LogP contribution is -2.50. The summed E-state index contributed by atoms with van der Waals surface area (Å²) in [6.07, 6.45) is 0.969. The Labute approximate surface area is 122 Å². The van der Waals surface area contributed by atoms with Crippen molar-refractivity contribution in [3.8, 4) is 5.75 Å². The van der Waals surface area contributed by atoms with Crippen molar-refractivity contribution in [3.63, 3.8) is 0 Å². The zero-order chi connectivity index (χ0) is 14.5. The van der Waals surface area contributed by atoms with Crippen molar-refractivity contribution in [2.75, 3.05) is 26.7 Å². The minimum absolute atomic E-state index is 0.00760. The summed E-state index contributed by atoms with van der Waals surface area (Å²) in [6, 6.07) is 5.48. The number of rotatable bonds is 4. The zero-order valence-corrected chi connectivity index (χ0v) is 12.1. The van der Waals surface area contributed by atoms with Gasteiger partial charge in [-0.25, -0.2) is 0 Å². The van der Waals surface area contributed by atoms with Crippen LogP contribution >= 0.6 is 11.6 Å². The molecule has 0 unspecified atom stereocenters. The summed E-state index contributed by atoms with van der Waals surface area (Å²) in [5, 5.41) is 3.23. The fourth-order valence-electron chi connectivity index (χ4n) is 2.13. The quantitative estimate of drug-likeness (QED) is 0.909. The number of benzene rings is 1. The molecule has 1 fully saturated rings. The molecule has 0 aliphatic carbocycles. The van der Waals surface area contributed by atoms with Crippen molar-refractivity contribution in [1.29, 1.82) is 0 Å². The Morgan fingerprint density at radius 3 is 2.95 bits per heavy atom. The SMILES string of the molecule is COc1ccc(CCC(=O)N2CCNC(=O)C2)cc1Cl. The van der Waals surface area contributed by atoms with Crippen LogP contribution in [-0.4, -0.2) is 43.5 Å². The van der Waals surface area contributed by atoms with Gasteiger partial charge >= 0.3 is 0 Å². The van der Waals surface area contributed by atoms with E-state index >= 15 is 0 Å². The molecule has 5 nitrogen and oxygen atoms in total. The van der Waals surface area contributed by atoms with Crippen molar-refractivity contribution in [2.45, 2.75) is 12.8 Å². The summed E-state index contributed by atoms with van der Waals surface area (Å²) in [5.74, 6) is 0.512. The minimum atomic E-state index is -0.0999. The molecule has 1 aromatic rings. The number of aryl methyl sites for hydroxylation is 1. The fraction of sp³-hybridized carbons (Fsp3) is 0.429. The molecule has 0 spiro atoms. The minimum Gasteiger partial charge on any atom is -0.495 e. The number of piperazine rings is 1. The predicted molar refractivity (Wildman–Crippen MR) is 75.9 cm³/mol. The Kier molecular flexibility index (Phi) is 4.84. The van der Waals surface area contributed by atoms with Crippen molar-refractivity contribution in [2.24, 2.45) is 0 Å². The Morgan fingerprint density at radius 2 is 2.30 bits per heavy atom. The molecule has 2 amide bonds. The first-order valence-corrected chi connectivity index (χ1v) is 6.85. The molecule has 1 aromatic carbocycles. The van der Waals surface area contributed by atoms with Gasteiger partial charge in [0.15, 0.2) is 0 Å². The van der Waals surface area contributed by atoms with Gasteiger partial charge in [-0.3, -0.25) is 9.59 Å². The van der Waals surface area contributed by atoms with Gasteiger partial charge in [-0.15, -0.1) is 0 Å². The highest BCUT2D eigenvalue weighted by molar-refractivity contribution is 6.32. The van der Waals surface area contributed by atoms with Gasteiger partial charge in [0.2, 0.25) is 11.8 Å². The van der Waals surface area contributed by atoms with E-state index in [-0.39, 0.29) is 18.4 Å². The van der Waals surface area contributed by atoms with E-state index in [0.717, 1.165) is 5.56 Å². The topological polar surface area (TPSA) is 58.6 Å². The first kappa shape index (κ1) is 14.7. The zero-order valence-electron chi connectivity index (χ0n) is 11.3. The van der Waals surface area contributed by atoms with Gasteiger partial charge in [-0.1, -0.05) is 17.7 Å². The van der Waals surface area contributed by atoms with Crippen molar-refractivity contribution in [1.82, 2.24) is 10.2 Å². The van der Waals surface area contributed by atoms with Crippen LogP contribution in [0.3, 0.4) is 0 Å². The summed E-state index contributed by atoms with van der Waals surface area (Å²) in [5.41, 5.74) is 0.977. The molecule has 20 heavy (non-hydrogen) atoms. The van der Waals surface area contributed by atoms with Gasteiger partial charge in [0.1, 0.15) is 5.75 Å². The van der Waals surface area contributed by atoms with Crippen LogP contribution in [0.1, 0.15) is 12.0 Å². The molecule has 0 saturated carbocycles. The molecule has 0 bridgehead atoms. The Hall–Kier alpha value is -1.75. The molecule has 6 heteroatoms. The maximum atomic E-state index is 12.0. The summed E-state index contributed by atoms with van der Waals surface area (Å²) in [4.78, 5) is 24.8. The van der Waals surface area contributed by atoms with Crippen molar-refractivity contribution >= 4 is 23.4 Å². The Morgan fingerprint density at radius 1 is 1.50 bits per heavy atom. The average molecular weight is 297 g/mol. The second kappa shape index (κ2) is 6.61. The van der Waals surface area contributed by atoms with E-state index in [2.05, 4.69) is 5.32 Å². The first-order valence-electron chi connectivity index (χ1n) is 6.47. The summed E-state index contributed by atoms with van der Waals surface area (Å²) < 4.78 is 5.08. The van der Waals surface area contributed by atoms with Gasteiger partial charge in [-0.05, 0) is 24.1 Å². The third kappa shape index (κ3) is 3.63. The van der Waals surface area contributed by atoms with Crippen LogP contribution in [0.4, 0.5) is 0 Å². The predicted octanol–water partition coefficient (Wildman–Crippen LogP) is 1.24. The third-order valence-corrected chi connectivity index (χ3v) is 3.53. The molecular formula is C14H17ClN2O3. The highest BCUT2D eigenvalue weighted by atomic mass is 35.5. The van der Waals surface area contributed by atoms with Crippen LogP contribution in [0.25, 0.3) is 0 Å². The second-order valence-electron chi connectivity index (χ2n) is 4.63. The highest BCUT2D eigenvalue weighted by Gasteiger charge is 2.20. The van der Waals surface area contributed by atoms with Crippen LogP contribution in [0, 0.1) is 0 Å². The van der Waals surface area contributed by atoms with Gasteiger partial charge in [-0.2, -0.15) is 0 Å². The van der Waals surface area contributed by atoms with Crippen LogP contribution < -0.4 is 10.1 Å². The van der Waals surface area contributed by atoms with Crippen molar-refractivity contribution < 1.29 is 14.3 Å². The maximum Gasteiger partial charge on any atom is 0.239 e. The maximum absolute atomic E-state index is 12.0. The van der Waals surface area contributed by atoms with Crippen molar-refractivity contribution in [3.05, 3.63) is 28.8 Å². The number of hydrogen-bond donors (Lipinski definition) is 1. The number of halogens is 1. The fourth-order valence-corrected chi connectivity index (χ4v) is 2.41. The largest absolute Gasteiger partial charge is 0.495 e. The molecule has 1 N–H and O–H groups in total. The van der Waals surface area contributed by atoms with Crippen LogP contribution in [0.2, 0.25) is 5.02 Å². The third-order valence-electron chi connectivity index (χ3n) is 3.23.